The van der Waals surface area contributed by atoms with Gasteiger partial charge in [-0.2, -0.15) is 0 Å². The summed E-state index contributed by atoms with van der Waals surface area (Å²) in [6.45, 7) is 1.74. The first-order valence-corrected chi connectivity index (χ1v) is 13.4. The van der Waals surface area contributed by atoms with E-state index in [2.05, 4.69) is 21.1 Å². The van der Waals surface area contributed by atoms with Crippen LogP contribution in [0.25, 0.3) is 6.08 Å². The highest BCUT2D eigenvalue weighted by atomic mass is 32.2. The second-order valence-electron chi connectivity index (χ2n) is 9.01. The van der Waals surface area contributed by atoms with Gasteiger partial charge in [-0.1, -0.05) is 41.6 Å². The van der Waals surface area contributed by atoms with E-state index in [1.165, 1.54) is 11.8 Å². The zero-order valence-electron chi connectivity index (χ0n) is 22.3. The van der Waals surface area contributed by atoms with E-state index in [9.17, 15) is 14.4 Å². The average molecular weight is 556 g/mol. The van der Waals surface area contributed by atoms with Crippen LogP contribution in [0.15, 0.2) is 100 Å². The predicted octanol–water partition coefficient (Wildman–Crippen LogP) is 5.19. The Bertz CT molecular complexity index is 1510. The Morgan fingerprint density at radius 2 is 1.68 bits per heavy atom. The van der Waals surface area contributed by atoms with Crippen LogP contribution in [0.5, 0.6) is 0 Å². The second kappa shape index (κ2) is 13.3. The molecule has 204 valence electrons. The van der Waals surface area contributed by atoms with Crippen molar-refractivity contribution >= 4 is 52.8 Å². The number of aromatic nitrogens is 1. The summed E-state index contributed by atoms with van der Waals surface area (Å²) >= 11 is 1.31. The van der Waals surface area contributed by atoms with E-state index in [1.54, 1.807) is 61.5 Å². The highest BCUT2D eigenvalue weighted by molar-refractivity contribution is 8.00. The number of rotatable bonds is 10. The molecule has 0 saturated heterocycles. The molecular weight excluding hydrogens is 526 g/mol. The lowest BCUT2D eigenvalue weighted by molar-refractivity contribution is -0.114. The van der Waals surface area contributed by atoms with E-state index in [0.29, 0.717) is 22.8 Å². The van der Waals surface area contributed by atoms with E-state index < -0.39 is 11.8 Å². The minimum Gasteiger partial charge on any atom is -0.378 e. The van der Waals surface area contributed by atoms with Crippen LogP contribution in [0.1, 0.15) is 21.7 Å². The third-order valence-electron chi connectivity index (χ3n) is 5.61. The van der Waals surface area contributed by atoms with Crippen LogP contribution in [0.4, 0.5) is 17.2 Å². The Hall–Kier alpha value is -4.83. The quantitative estimate of drug-likeness (QED) is 0.182. The van der Waals surface area contributed by atoms with Gasteiger partial charge in [0.2, 0.25) is 5.91 Å². The van der Waals surface area contributed by atoms with Crippen LogP contribution in [-0.2, 0) is 9.59 Å². The van der Waals surface area contributed by atoms with Crippen molar-refractivity contribution in [1.29, 1.82) is 0 Å². The van der Waals surface area contributed by atoms with Crippen molar-refractivity contribution in [3.63, 3.8) is 0 Å². The molecule has 0 aliphatic heterocycles. The van der Waals surface area contributed by atoms with E-state index in [-0.39, 0.29) is 17.4 Å². The standard InChI is InChI=1S/C30H29N5O4S/c1-20-16-27(34-39-20)33-28(36)19-40-25-11-7-10-23(18-25)31-30(38)26(32-29(37)22-8-5-4-6-9-22)17-21-12-14-24(15-13-21)35(2)3/h4-18H,19H2,1-3H3,(H,31,38)(H,32,37)(H,33,34,36)/b26-17+. The summed E-state index contributed by atoms with van der Waals surface area (Å²) in [4.78, 5) is 41.3. The maximum Gasteiger partial charge on any atom is 0.272 e. The van der Waals surface area contributed by atoms with Gasteiger partial charge in [-0.25, -0.2) is 0 Å². The molecule has 40 heavy (non-hydrogen) atoms. The molecule has 0 bridgehead atoms. The van der Waals surface area contributed by atoms with E-state index in [0.717, 1.165) is 16.1 Å². The summed E-state index contributed by atoms with van der Waals surface area (Å²) in [6, 6.07) is 25.1. The van der Waals surface area contributed by atoms with Crippen molar-refractivity contribution in [3.8, 4) is 0 Å². The SMILES string of the molecule is Cc1cc(NC(=O)CSc2cccc(NC(=O)/C(=C\c3ccc(N(C)C)cc3)NC(=O)c3ccccc3)c2)no1. The normalized spacial score (nSPS) is 11.0. The van der Waals surface area contributed by atoms with E-state index in [1.807, 2.05) is 55.4 Å². The fourth-order valence-corrected chi connectivity index (χ4v) is 4.35. The molecule has 0 spiro atoms. The molecule has 10 heteroatoms. The summed E-state index contributed by atoms with van der Waals surface area (Å²) in [7, 11) is 3.89. The molecule has 4 aromatic rings. The van der Waals surface area contributed by atoms with E-state index >= 15 is 0 Å². The lowest BCUT2D eigenvalue weighted by Crippen LogP contribution is -2.30. The molecule has 0 atom stereocenters. The Morgan fingerprint density at radius 1 is 0.925 bits per heavy atom. The maximum absolute atomic E-state index is 13.4. The summed E-state index contributed by atoms with van der Waals surface area (Å²) in [5, 5.41) is 12.0. The minimum atomic E-state index is -0.484. The van der Waals surface area contributed by atoms with Gasteiger partial charge in [0.1, 0.15) is 11.5 Å². The van der Waals surface area contributed by atoms with Crippen molar-refractivity contribution in [2.45, 2.75) is 11.8 Å². The summed E-state index contributed by atoms with van der Waals surface area (Å²) in [5.74, 6) is -0.0128. The largest absolute Gasteiger partial charge is 0.378 e. The van der Waals surface area contributed by atoms with E-state index in [4.69, 9.17) is 4.52 Å². The number of nitrogens with one attached hydrogen (secondary N) is 3. The molecule has 3 aromatic carbocycles. The third-order valence-corrected chi connectivity index (χ3v) is 6.60. The predicted molar refractivity (Wildman–Crippen MR) is 158 cm³/mol. The van der Waals surface area contributed by atoms with Crippen molar-refractivity contribution in [3.05, 3.63) is 108 Å². The monoisotopic (exact) mass is 555 g/mol. The molecular formula is C30H29N5O4S. The molecule has 0 aliphatic carbocycles. The smallest absolute Gasteiger partial charge is 0.272 e. The maximum atomic E-state index is 13.4. The summed E-state index contributed by atoms with van der Waals surface area (Å²) in [5.41, 5.74) is 2.80. The number of benzene rings is 3. The topological polar surface area (TPSA) is 117 Å². The molecule has 1 heterocycles. The van der Waals surface area contributed by atoms with Gasteiger partial charge in [0.25, 0.3) is 11.8 Å². The van der Waals surface area contributed by atoms with Gasteiger partial charge >= 0.3 is 0 Å². The number of hydrogen-bond acceptors (Lipinski definition) is 7. The van der Waals surface area contributed by atoms with Crippen molar-refractivity contribution in [2.24, 2.45) is 0 Å². The zero-order valence-corrected chi connectivity index (χ0v) is 23.1. The fraction of sp³-hybridized carbons (Fsp3) is 0.133. The van der Waals surface area contributed by atoms with Gasteiger partial charge in [-0.05, 0) is 61.0 Å². The number of aryl methyl sites for hydroxylation is 1. The molecule has 9 nitrogen and oxygen atoms in total. The Morgan fingerprint density at radius 3 is 2.35 bits per heavy atom. The van der Waals surface area contributed by atoms with Gasteiger partial charge in [-0.15, -0.1) is 11.8 Å². The number of carbonyl (C=O) groups excluding carboxylic acids is 3. The molecule has 3 N–H and O–H groups in total. The first-order chi connectivity index (χ1) is 19.3. The average Bonchev–Trinajstić information content (AvgIpc) is 3.36. The summed E-state index contributed by atoms with van der Waals surface area (Å²) < 4.78 is 4.96. The number of anilines is 3. The van der Waals surface area contributed by atoms with Gasteiger partial charge in [0.15, 0.2) is 5.82 Å². The number of thioether (sulfide) groups is 1. The molecule has 0 fully saturated rings. The second-order valence-corrected chi connectivity index (χ2v) is 10.1. The van der Waals surface area contributed by atoms with Crippen LogP contribution in [0.3, 0.4) is 0 Å². The summed E-state index contributed by atoms with van der Waals surface area (Å²) in [6.07, 6.45) is 1.63. The lowest BCUT2D eigenvalue weighted by Gasteiger charge is -2.14. The molecule has 4 rings (SSSR count). The van der Waals surface area contributed by atoms with Crippen LogP contribution in [0.2, 0.25) is 0 Å². The first kappa shape index (κ1) is 28.2. The highest BCUT2D eigenvalue weighted by Gasteiger charge is 2.16. The van der Waals surface area contributed by atoms with Crippen LogP contribution in [-0.4, -0.2) is 42.7 Å². The first-order valence-electron chi connectivity index (χ1n) is 12.4. The van der Waals surface area contributed by atoms with Gasteiger partial charge in [0, 0.05) is 42.0 Å². The lowest BCUT2D eigenvalue weighted by atomic mass is 10.1. The molecule has 0 unspecified atom stereocenters. The Labute approximate surface area is 236 Å². The fourth-order valence-electron chi connectivity index (χ4n) is 3.59. The molecule has 0 saturated carbocycles. The minimum absolute atomic E-state index is 0.0896. The van der Waals surface area contributed by atoms with Crippen molar-refractivity contribution in [1.82, 2.24) is 10.5 Å². The molecule has 0 aliphatic rings. The highest BCUT2D eigenvalue weighted by Crippen LogP contribution is 2.23. The van der Waals surface area contributed by atoms with Crippen LogP contribution in [0, 0.1) is 6.92 Å². The number of carbonyl (C=O) groups is 3. The van der Waals surface area contributed by atoms with Gasteiger partial charge < -0.3 is 25.4 Å². The zero-order chi connectivity index (χ0) is 28.5. The Kier molecular flexibility index (Phi) is 9.37. The molecule has 0 radical (unpaired) electrons. The number of amides is 3. The Balaban J connectivity index is 1.47. The van der Waals surface area contributed by atoms with Crippen molar-refractivity contribution in [2.75, 3.05) is 35.4 Å². The van der Waals surface area contributed by atoms with Crippen molar-refractivity contribution < 1.29 is 18.9 Å². The molecule has 3 amide bonds. The van der Waals surface area contributed by atoms with Gasteiger partial charge in [0.05, 0.1) is 5.75 Å². The van der Waals surface area contributed by atoms with Crippen LogP contribution < -0.4 is 20.9 Å². The van der Waals surface area contributed by atoms with Gasteiger partial charge in [-0.3, -0.25) is 14.4 Å². The third kappa shape index (κ3) is 8.08. The number of hydrogen-bond donors (Lipinski definition) is 3. The molecule has 1 aromatic heterocycles. The number of nitrogens with zero attached hydrogens (tertiary/aromatic N) is 2. The van der Waals surface area contributed by atoms with Crippen LogP contribution >= 0.6 is 11.8 Å².